The molecule has 13 heteroatoms. The van der Waals surface area contributed by atoms with E-state index in [0.29, 0.717) is 24.8 Å². The molecule has 5 rings (SSSR count). The van der Waals surface area contributed by atoms with Gasteiger partial charge in [-0.3, -0.25) is 9.59 Å². The number of aryl methyl sites for hydroxylation is 1. The number of carbonyl (C=O) groups is 4. The summed E-state index contributed by atoms with van der Waals surface area (Å²) >= 11 is 3.60. The molecule has 3 amide bonds. The van der Waals surface area contributed by atoms with Gasteiger partial charge < -0.3 is 25.0 Å². The number of hydrogen-bond acceptors (Lipinski definition) is 8. The Hall–Kier alpha value is -3.48. The third kappa shape index (κ3) is 7.08. The van der Waals surface area contributed by atoms with Crippen molar-refractivity contribution in [3.05, 3.63) is 33.8 Å². The number of rotatable bonds is 4. The maximum absolute atomic E-state index is 14.3. The van der Waals surface area contributed by atoms with E-state index >= 15 is 0 Å². The molecule has 12 nitrogen and oxygen atoms in total. The molecule has 46 heavy (non-hydrogen) atoms. The summed E-state index contributed by atoms with van der Waals surface area (Å²) in [6.45, 7) is 11.3. The summed E-state index contributed by atoms with van der Waals surface area (Å²) in [6.07, 6.45) is 7.64. The van der Waals surface area contributed by atoms with Gasteiger partial charge in [0, 0.05) is 23.4 Å². The summed E-state index contributed by atoms with van der Waals surface area (Å²) in [5, 5.41) is 15.3. The molecule has 3 aliphatic rings. The molecule has 2 aliphatic heterocycles. The number of benzene rings is 1. The lowest BCUT2D eigenvalue weighted by molar-refractivity contribution is -0.150. The van der Waals surface area contributed by atoms with Gasteiger partial charge in [0.2, 0.25) is 11.8 Å². The minimum absolute atomic E-state index is 0.152. The fraction of sp³-hybridized carbons (Fsp3) is 0.636. The van der Waals surface area contributed by atoms with Crippen molar-refractivity contribution in [1.29, 1.82) is 0 Å². The van der Waals surface area contributed by atoms with E-state index in [2.05, 4.69) is 26.6 Å². The van der Waals surface area contributed by atoms with E-state index in [1.807, 2.05) is 32.1 Å². The summed E-state index contributed by atoms with van der Waals surface area (Å²) in [4.78, 5) is 57.6. The minimum Gasteiger partial charge on any atom is -0.464 e. The third-order valence-corrected chi connectivity index (χ3v) is 9.93. The van der Waals surface area contributed by atoms with E-state index < -0.39 is 47.2 Å². The van der Waals surface area contributed by atoms with Crippen LogP contribution in [0.15, 0.2) is 22.7 Å². The molecular weight excluding hydrogens is 656 g/mol. The van der Waals surface area contributed by atoms with Crippen molar-refractivity contribution in [1.82, 2.24) is 30.5 Å². The number of nitrogens with one attached hydrogen (secondary N) is 2. The molecule has 5 atom stereocenters. The molecule has 0 radical (unpaired) electrons. The van der Waals surface area contributed by atoms with E-state index in [9.17, 15) is 19.2 Å². The Morgan fingerprint density at radius 3 is 2.63 bits per heavy atom. The van der Waals surface area contributed by atoms with Crippen LogP contribution in [0.1, 0.15) is 89.8 Å². The van der Waals surface area contributed by atoms with Crippen LogP contribution in [0, 0.1) is 19.8 Å². The molecular formula is C33H45BrN6O6. The fourth-order valence-electron chi connectivity index (χ4n) is 6.39. The summed E-state index contributed by atoms with van der Waals surface area (Å²) < 4.78 is 11.8. The summed E-state index contributed by atoms with van der Waals surface area (Å²) in [5.74, 6) is -1.50. The van der Waals surface area contributed by atoms with Gasteiger partial charge in [-0.1, -0.05) is 40.9 Å². The van der Waals surface area contributed by atoms with Crippen LogP contribution in [0.2, 0.25) is 0 Å². The fourth-order valence-corrected chi connectivity index (χ4v) is 6.90. The molecule has 2 N–H and O–H groups in total. The lowest BCUT2D eigenvalue weighted by Crippen LogP contribution is -2.56. The predicted octanol–water partition coefficient (Wildman–Crippen LogP) is 4.80. The average molecular weight is 702 g/mol. The van der Waals surface area contributed by atoms with Crippen LogP contribution in [-0.4, -0.2) is 80.1 Å². The summed E-state index contributed by atoms with van der Waals surface area (Å²) in [5.41, 5.74) is 1.57. The quantitative estimate of drug-likeness (QED) is 0.342. The van der Waals surface area contributed by atoms with Gasteiger partial charge in [-0.2, -0.15) is 15.0 Å². The number of fused-ring (bicyclic) bond motifs is 3. The van der Waals surface area contributed by atoms with Crippen LogP contribution >= 0.6 is 15.9 Å². The average Bonchev–Trinajstić information content (AvgIpc) is 3.28. The second-order valence-electron chi connectivity index (χ2n) is 13.6. The zero-order chi connectivity index (χ0) is 33.4. The first kappa shape index (κ1) is 33.9. The second kappa shape index (κ2) is 13.3. The van der Waals surface area contributed by atoms with Crippen LogP contribution < -0.4 is 10.6 Å². The van der Waals surface area contributed by atoms with Gasteiger partial charge in [0.05, 0.1) is 12.6 Å². The van der Waals surface area contributed by atoms with Crippen LogP contribution in [0.5, 0.6) is 0 Å². The van der Waals surface area contributed by atoms with E-state index in [4.69, 9.17) is 19.7 Å². The molecule has 0 spiro atoms. The number of hydrogen-bond donors (Lipinski definition) is 2. The summed E-state index contributed by atoms with van der Waals surface area (Å²) in [7, 11) is 0. The molecule has 2 fully saturated rings. The van der Waals surface area contributed by atoms with Gasteiger partial charge in [0.1, 0.15) is 34.3 Å². The monoisotopic (exact) mass is 700 g/mol. The number of carbonyl (C=O) groups excluding carboxylic acids is 4. The highest BCUT2D eigenvalue weighted by Gasteiger charge is 2.62. The molecule has 2 aromatic rings. The van der Waals surface area contributed by atoms with Gasteiger partial charge in [-0.25, -0.2) is 9.59 Å². The first-order valence-corrected chi connectivity index (χ1v) is 17.0. The first-order valence-electron chi connectivity index (χ1n) is 16.2. The number of alkyl carbamates (subject to hydrolysis) is 1. The number of esters is 1. The third-order valence-electron chi connectivity index (χ3n) is 9.11. The molecule has 3 heterocycles. The van der Waals surface area contributed by atoms with E-state index in [-0.39, 0.29) is 31.4 Å². The largest absolute Gasteiger partial charge is 0.464 e. The normalized spacial score (nSPS) is 27.9. The molecule has 1 saturated carbocycles. The Balaban J connectivity index is 1.50. The van der Waals surface area contributed by atoms with Crippen molar-refractivity contribution >= 4 is 50.8 Å². The Morgan fingerprint density at radius 2 is 1.91 bits per heavy atom. The SMILES string of the molecule is CCOC(=O)[C@@]12C[C@H]1/C=C\CCCCC[C@H](NC(=O)OC(C)(C)C)C(=O)N1CC(n3nc4cc(Br)c(C)c(C)c4n3)CC1C(=O)N2. The molecule has 250 valence electrons. The number of aromatic nitrogens is 3. The van der Waals surface area contributed by atoms with Crippen LogP contribution in [-0.2, 0) is 23.9 Å². The highest BCUT2D eigenvalue weighted by molar-refractivity contribution is 9.10. The smallest absolute Gasteiger partial charge is 0.408 e. The van der Waals surface area contributed by atoms with Crippen LogP contribution in [0.3, 0.4) is 0 Å². The maximum atomic E-state index is 14.3. The van der Waals surface area contributed by atoms with Crippen molar-refractivity contribution in [3.8, 4) is 0 Å². The highest BCUT2D eigenvalue weighted by atomic mass is 79.9. The molecule has 1 aliphatic carbocycles. The Morgan fingerprint density at radius 1 is 1.15 bits per heavy atom. The van der Waals surface area contributed by atoms with Crippen molar-refractivity contribution in [2.45, 2.75) is 116 Å². The van der Waals surface area contributed by atoms with Gasteiger partial charge >= 0.3 is 12.1 Å². The molecule has 2 unspecified atom stereocenters. The number of allylic oxidation sites excluding steroid dienone is 1. The number of halogens is 1. The first-order chi connectivity index (χ1) is 21.7. The lowest BCUT2D eigenvalue weighted by atomic mass is 10.0. The summed E-state index contributed by atoms with van der Waals surface area (Å²) in [6, 6.07) is -0.327. The molecule has 1 aromatic heterocycles. The lowest BCUT2D eigenvalue weighted by Gasteiger charge is -2.30. The standard InChI is InChI=1S/C33H45BrN6O6/c1-7-45-30(43)33-17-21(33)13-11-9-8-10-12-14-24(35-31(44)46-32(4,5)6)29(42)39-18-22(15-26(39)28(41)36-33)40-37-25-16-23(34)19(2)20(3)27(25)38-40/h11,13,16,21-22,24,26H,7-10,12,14-15,17-18H2,1-6H3,(H,35,44)(H,36,41)/b13-11-/t21-,22?,24+,26?,33-/m1/s1. The van der Waals surface area contributed by atoms with Gasteiger partial charge in [-0.15, -0.1) is 0 Å². The van der Waals surface area contributed by atoms with Crippen molar-refractivity contribution in [2.75, 3.05) is 13.2 Å². The van der Waals surface area contributed by atoms with Crippen molar-refractivity contribution in [2.24, 2.45) is 5.92 Å². The topological polar surface area (TPSA) is 145 Å². The second-order valence-corrected chi connectivity index (χ2v) is 14.5. The van der Waals surface area contributed by atoms with Gasteiger partial charge in [0.25, 0.3) is 0 Å². The Kier molecular flexibility index (Phi) is 9.81. The van der Waals surface area contributed by atoms with Crippen LogP contribution in [0.25, 0.3) is 11.0 Å². The Bertz CT molecular complexity index is 1550. The minimum atomic E-state index is -1.18. The Labute approximate surface area is 278 Å². The number of amides is 3. The van der Waals surface area contributed by atoms with E-state index in [1.54, 1.807) is 32.5 Å². The van der Waals surface area contributed by atoms with Gasteiger partial charge in [0.15, 0.2) is 0 Å². The van der Waals surface area contributed by atoms with Crippen molar-refractivity contribution in [3.63, 3.8) is 0 Å². The zero-order valence-corrected chi connectivity index (χ0v) is 29.1. The van der Waals surface area contributed by atoms with Crippen LogP contribution in [0.4, 0.5) is 4.79 Å². The maximum Gasteiger partial charge on any atom is 0.408 e. The highest BCUT2D eigenvalue weighted by Crippen LogP contribution is 2.46. The number of nitrogens with zero attached hydrogens (tertiary/aromatic N) is 4. The van der Waals surface area contributed by atoms with E-state index in [1.165, 1.54) is 4.90 Å². The predicted molar refractivity (Wildman–Crippen MR) is 175 cm³/mol. The van der Waals surface area contributed by atoms with E-state index in [0.717, 1.165) is 40.4 Å². The molecule has 1 aromatic carbocycles. The molecule has 1 saturated heterocycles. The molecule has 0 bridgehead atoms. The zero-order valence-electron chi connectivity index (χ0n) is 27.5. The van der Waals surface area contributed by atoms with Crippen molar-refractivity contribution < 1.29 is 28.7 Å². The van der Waals surface area contributed by atoms with Gasteiger partial charge in [-0.05, 0) is 84.4 Å². The number of ether oxygens (including phenoxy) is 2.